The van der Waals surface area contributed by atoms with E-state index >= 15 is 0 Å². The van der Waals surface area contributed by atoms with Crippen molar-refractivity contribution in [3.8, 4) is 11.4 Å². The number of fused-ring (bicyclic) bond motifs is 2. The molecular weight excluding hydrogens is 410 g/mol. The molecule has 7 heteroatoms. The van der Waals surface area contributed by atoms with Crippen molar-refractivity contribution >= 4 is 28.2 Å². The lowest BCUT2D eigenvalue weighted by Gasteiger charge is -2.30. The van der Waals surface area contributed by atoms with Gasteiger partial charge in [-0.2, -0.15) is 0 Å². The molecule has 0 amide bonds. The molecule has 1 aliphatic heterocycles. The predicted molar refractivity (Wildman–Crippen MR) is 130 cm³/mol. The fourth-order valence-corrected chi connectivity index (χ4v) is 4.98. The molecule has 164 valence electrons. The van der Waals surface area contributed by atoms with E-state index in [9.17, 15) is 0 Å². The number of aromatic nitrogens is 4. The largest absolute Gasteiger partial charge is 0.350 e. The first kappa shape index (κ1) is 18.9. The van der Waals surface area contributed by atoms with E-state index in [2.05, 4.69) is 25.5 Å². The second kappa shape index (κ2) is 7.49. The molecule has 0 bridgehead atoms. The SMILES string of the molecule is c1ccc(Nc2cc(-c3nc(N4CCNC5CC54)c4c(C5CC5)cncc4n3)ccn2)cc1. The van der Waals surface area contributed by atoms with Crippen LogP contribution in [0.3, 0.4) is 0 Å². The topological polar surface area (TPSA) is 78.9 Å². The molecule has 1 saturated heterocycles. The zero-order chi connectivity index (χ0) is 21.8. The summed E-state index contributed by atoms with van der Waals surface area (Å²) < 4.78 is 0. The lowest BCUT2D eigenvalue weighted by Crippen LogP contribution is -2.44. The summed E-state index contributed by atoms with van der Waals surface area (Å²) in [5, 5.41) is 8.19. The van der Waals surface area contributed by atoms with Crippen LogP contribution in [-0.4, -0.2) is 45.1 Å². The number of para-hydroxylation sites is 1. The average Bonchev–Trinajstić information content (AvgIpc) is 3.77. The fourth-order valence-electron chi connectivity index (χ4n) is 4.98. The smallest absolute Gasteiger partial charge is 0.162 e. The van der Waals surface area contributed by atoms with Crippen molar-refractivity contribution in [2.45, 2.75) is 37.3 Å². The Morgan fingerprint density at radius 1 is 1.03 bits per heavy atom. The van der Waals surface area contributed by atoms with E-state index in [1.807, 2.05) is 61.1 Å². The van der Waals surface area contributed by atoms with Gasteiger partial charge in [-0.05, 0) is 55.0 Å². The molecule has 4 heterocycles. The molecule has 0 radical (unpaired) electrons. The predicted octanol–water partition coefficient (Wildman–Crippen LogP) is 4.26. The zero-order valence-corrected chi connectivity index (χ0v) is 18.3. The molecule has 33 heavy (non-hydrogen) atoms. The van der Waals surface area contributed by atoms with Gasteiger partial charge in [0.25, 0.3) is 0 Å². The molecule has 2 saturated carbocycles. The number of nitrogens with zero attached hydrogens (tertiary/aromatic N) is 5. The highest BCUT2D eigenvalue weighted by molar-refractivity contribution is 5.94. The summed E-state index contributed by atoms with van der Waals surface area (Å²) in [6.07, 6.45) is 9.39. The third kappa shape index (κ3) is 3.49. The van der Waals surface area contributed by atoms with Crippen molar-refractivity contribution in [3.63, 3.8) is 0 Å². The van der Waals surface area contributed by atoms with E-state index in [4.69, 9.17) is 9.97 Å². The van der Waals surface area contributed by atoms with Gasteiger partial charge in [-0.1, -0.05) is 18.2 Å². The highest BCUT2D eigenvalue weighted by Gasteiger charge is 2.45. The molecule has 7 rings (SSSR count). The van der Waals surface area contributed by atoms with Crippen molar-refractivity contribution in [3.05, 3.63) is 66.6 Å². The van der Waals surface area contributed by atoms with Crippen LogP contribution < -0.4 is 15.5 Å². The minimum atomic E-state index is 0.526. The average molecular weight is 436 g/mol. The van der Waals surface area contributed by atoms with Crippen LogP contribution in [0.2, 0.25) is 0 Å². The maximum atomic E-state index is 5.19. The van der Waals surface area contributed by atoms with Gasteiger partial charge < -0.3 is 15.5 Å². The van der Waals surface area contributed by atoms with Crippen molar-refractivity contribution in [2.75, 3.05) is 23.3 Å². The molecule has 2 unspecified atom stereocenters. The number of benzene rings is 1. The van der Waals surface area contributed by atoms with Crippen LogP contribution in [0.15, 0.2) is 61.1 Å². The summed E-state index contributed by atoms with van der Waals surface area (Å²) in [4.78, 5) is 21.7. The Hall–Kier alpha value is -3.58. The van der Waals surface area contributed by atoms with Crippen molar-refractivity contribution in [1.82, 2.24) is 25.3 Å². The molecule has 1 aromatic carbocycles. The number of hydrogen-bond donors (Lipinski definition) is 2. The van der Waals surface area contributed by atoms with Crippen LogP contribution in [0.25, 0.3) is 22.3 Å². The van der Waals surface area contributed by atoms with E-state index in [1.54, 1.807) is 0 Å². The van der Waals surface area contributed by atoms with Crippen LogP contribution in [-0.2, 0) is 0 Å². The van der Waals surface area contributed by atoms with Crippen LogP contribution in [0.4, 0.5) is 17.3 Å². The first-order valence-electron chi connectivity index (χ1n) is 11.8. The van der Waals surface area contributed by atoms with Gasteiger partial charge in [0.1, 0.15) is 11.6 Å². The van der Waals surface area contributed by atoms with E-state index < -0.39 is 0 Å². The third-order valence-electron chi connectivity index (χ3n) is 6.89. The Kier molecular flexibility index (Phi) is 4.30. The summed E-state index contributed by atoms with van der Waals surface area (Å²) in [5.74, 6) is 3.16. The first-order valence-corrected chi connectivity index (χ1v) is 11.8. The van der Waals surface area contributed by atoms with Crippen LogP contribution in [0.5, 0.6) is 0 Å². The summed E-state index contributed by atoms with van der Waals surface area (Å²) in [6.45, 7) is 1.96. The monoisotopic (exact) mass is 435 g/mol. The Morgan fingerprint density at radius 3 is 2.82 bits per heavy atom. The quantitative estimate of drug-likeness (QED) is 0.485. The third-order valence-corrected chi connectivity index (χ3v) is 6.89. The summed E-state index contributed by atoms with van der Waals surface area (Å²) in [6, 6.07) is 15.2. The van der Waals surface area contributed by atoms with Gasteiger partial charge in [-0.3, -0.25) is 4.98 Å². The number of hydrogen-bond acceptors (Lipinski definition) is 7. The van der Waals surface area contributed by atoms with Crippen molar-refractivity contribution < 1.29 is 0 Å². The second-order valence-corrected chi connectivity index (χ2v) is 9.25. The Balaban J connectivity index is 1.34. The first-order chi connectivity index (χ1) is 16.3. The molecular formula is C26H25N7. The summed E-state index contributed by atoms with van der Waals surface area (Å²) in [5.41, 5.74) is 4.20. The molecule has 0 spiro atoms. The van der Waals surface area contributed by atoms with Gasteiger partial charge in [0, 0.05) is 54.2 Å². The van der Waals surface area contributed by atoms with Crippen LogP contribution >= 0.6 is 0 Å². The molecule has 3 aromatic heterocycles. The Morgan fingerprint density at radius 2 is 1.94 bits per heavy atom. The van der Waals surface area contributed by atoms with Crippen molar-refractivity contribution in [2.24, 2.45) is 0 Å². The minimum absolute atomic E-state index is 0.526. The highest BCUT2D eigenvalue weighted by atomic mass is 15.3. The van der Waals surface area contributed by atoms with Gasteiger partial charge in [0.15, 0.2) is 5.82 Å². The zero-order valence-electron chi connectivity index (χ0n) is 18.3. The number of piperazine rings is 1. The normalized spacial score (nSPS) is 21.6. The lowest BCUT2D eigenvalue weighted by atomic mass is 10.1. The number of anilines is 3. The Labute approximate surface area is 192 Å². The summed E-state index contributed by atoms with van der Waals surface area (Å²) in [7, 11) is 0. The van der Waals surface area contributed by atoms with Gasteiger partial charge in [-0.15, -0.1) is 0 Å². The molecule has 2 N–H and O–H groups in total. The maximum Gasteiger partial charge on any atom is 0.162 e. The van der Waals surface area contributed by atoms with Crippen LogP contribution in [0.1, 0.15) is 30.7 Å². The van der Waals surface area contributed by atoms with Gasteiger partial charge in [-0.25, -0.2) is 15.0 Å². The van der Waals surface area contributed by atoms with Crippen LogP contribution in [0, 0.1) is 0 Å². The molecule has 7 nitrogen and oxygen atoms in total. The molecule has 2 aliphatic carbocycles. The number of rotatable bonds is 5. The standard InChI is InChI=1S/C26H25N7/c1-2-4-18(5-3-1)30-23-12-17(8-9-29-23)25-31-21-15-27-14-19(16-6-7-16)24(21)26(32-25)33-11-10-28-20-13-22(20)33/h1-5,8-9,12,14-16,20,22,28H,6-7,10-11,13H2,(H,29,30). The van der Waals surface area contributed by atoms with Gasteiger partial charge in [0.05, 0.1) is 11.7 Å². The molecule has 4 aromatic rings. The number of pyridine rings is 2. The summed E-state index contributed by atoms with van der Waals surface area (Å²) >= 11 is 0. The minimum Gasteiger partial charge on any atom is -0.350 e. The molecule has 3 aliphatic rings. The van der Waals surface area contributed by atoms with Gasteiger partial charge >= 0.3 is 0 Å². The fraction of sp³-hybridized carbons (Fsp3) is 0.308. The van der Waals surface area contributed by atoms with Crippen molar-refractivity contribution in [1.29, 1.82) is 0 Å². The highest BCUT2D eigenvalue weighted by Crippen LogP contribution is 2.46. The molecule has 2 atom stereocenters. The van der Waals surface area contributed by atoms with E-state index in [0.29, 0.717) is 18.0 Å². The van der Waals surface area contributed by atoms with E-state index in [1.165, 1.54) is 30.2 Å². The Bertz CT molecular complexity index is 1340. The molecule has 3 fully saturated rings. The number of nitrogens with one attached hydrogen (secondary N) is 2. The van der Waals surface area contributed by atoms with E-state index in [0.717, 1.165) is 47.3 Å². The second-order valence-electron chi connectivity index (χ2n) is 9.25. The van der Waals surface area contributed by atoms with E-state index in [-0.39, 0.29) is 0 Å². The lowest BCUT2D eigenvalue weighted by molar-refractivity contribution is 0.578. The van der Waals surface area contributed by atoms with Gasteiger partial charge in [0.2, 0.25) is 0 Å². The maximum absolute atomic E-state index is 5.19.